The maximum atomic E-state index is 11.7. The van der Waals surface area contributed by atoms with E-state index >= 15 is 0 Å². The fraction of sp³-hybridized carbons (Fsp3) is 0.0526. The molecule has 2 N–H and O–H groups in total. The Hall–Kier alpha value is -2.69. The SMILES string of the molecule is O=c1[nH]c(/C=C\c2cc(Br)c(OCc3ccc(Cl)cc3)c(Br)c2)c([N+](=O)[O-])c(=O)[nH]1. The van der Waals surface area contributed by atoms with Crippen molar-refractivity contribution in [3.8, 4) is 5.75 Å². The number of nitro groups is 1. The van der Waals surface area contributed by atoms with Gasteiger partial charge in [0.1, 0.15) is 18.1 Å². The third-order valence-corrected chi connectivity index (χ3v) is 5.32. The van der Waals surface area contributed by atoms with E-state index in [-0.39, 0.29) is 5.69 Å². The molecule has 0 bridgehead atoms. The smallest absolute Gasteiger partial charge is 0.357 e. The minimum absolute atomic E-state index is 0.205. The third-order valence-electron chi connectivity index (χ3n) is 3.89. The molecule has 8 nitrogen and oxygen atoms in total. The van der Waals surface area contributed by atoms with Crippen LogP contribution in [-0.4, -0.2) is 14.9 Å². The number of hydrogen-bond donors (Lipinski definition) is 2. The molecule has 0 fully saturated rings. The Kier molecular flexibility index (Phi) is 6.91. The zero-order valence-corrected chi connectivity index (χ0v) is 18.9. The van der Waals surface area contributed by atoms with Crippen LogP contribution in [0.2, 0.25) is 5.02 Å². The highest BCUT2D eigenvalue weighted by atomic mass is 79.9. The standard InChI is InChI=1S/C19H12Br2ClN3O5/c20-13-7-11(3-6-15-16(25(28)29)18(26)24-19(27)23-15)8-14(21)17(13)30-9-10-1-4-12(22)5-2-10/h1-8H,9H2,(H2,23,24,26,27)/b6-3-. The molecule has 0 saturated heterocycles. The molecule has 0 amide bonds. The summed E-state index contributed by atoms with van der Waals surface area (Å²) in [5, 5.41) is 11.8. The fourth-order valence-electron chi connectivity index (χ4n) is 2.53. The van der Waals surface area contributed by atoms with Crippen LogP contribution in [0.5, 0.6) is 5.75 Å². The first kappa shape index (κ1) is 22.0. The second-order valence-electron chi connectivity index (χ2n) is 5.99. The molecule has 0 saturated carbocycles. The van der Waals surface area contributed by atoms with E-state index in [0.717, 1.165) is 5.56 Å². The Balaban J connectivity index is 1.85. The number of aromatic amines is 2. The Morgan fingerprint density at radius 2 is 1.70 bits per heavy atom. The highest BCUT2D eigenvalue weighted by Gasteiger charge is 2.19. The van der Waals surface area contributed by atoms with E-state index in [4.69, 9.17) is 16.3 Å². The van der Waals surface area contributed by atoms with Gasteiger partial charge in [-0.1, -0.05) is 29.8 Å². The van der Waals surface area contributed by atoms with Gasteiger partial charge in [-0.05, 0) is 73.3 Å². The minimum Gasteiger partial charge on any atom is -0.487 e. The van der Waals surface area contributed by atoms with Crippen molar-refractivity contribution in [1.29, 1.82) is 0 Å². The molecule has 30 heavy (non-hydrogen) atoms. The number of ether oxygens (including phenoxy) is 1. The number of aromatic nitrogens is 2. The van der Waals surface area contributed by atoms with Gasteiger partial charge in [-0.2, -0.15) is 0 Å². The summed E-state index contributed by atoms with van der Waals surface area (Å²) in [6.07, 6.45) is 2.81. The molecule has 1 heterocycles. The summed E-state index contributed by atoms with van der Waals surface area (Å²) in [6.45, 7) is 0.323. The van der Waals surface area contributed by atoms with Crippen LogP contribution in [0.15, 0.2) is 54.9 Å². The number of nitrogens with one attached hydrogen (secondary N) is 2. The molecule has 3 rings (SSSR count). The quantitative estimate of drug-likeness (QED) is 0.330. The van der Waals surface area contributed by atoms with Gasteiger partial charge in [0.05, 0.1) is 13.9 Å². The number of nitrogens with zero attached hydrogens (tertiary/aromatic N) is 1. The molecule has 2 aromatic carbocycles. The van der Waals surface area contributed by atoms with Gasteiger partial charge in [0.15, 0.2) is 0 Å². The van der Waals surface area contributed by atoms with Gasteiger partial charge in [0.2, 0.25) is 0 Å². The van der Waals surface area contributed by atoms with Crippen LogP contribution in [-0.2, 0) is 6.61 Å². The maximum Gasteiger partial charge on any atom is 0.357 e. The number of halogens is 3. The predicted octanol–water partition coefficient (Wildman–Crippen LogP) is 4.90. The normalized spacial score (nSPS) is 11.0. The van der Waals surface area contributed by atoms with E-state index < -0.39 is 21.9 Å². The zero-order chi connectivity index (χ0) is 21.8. The second kappa shape index (κ2) is 9.41. The van der Waals surface area contributed by atoms with E-state index in [1.807, 2.05) is 17.1 Å². The first-order valence-electron chi connectivity index (χ1n) is 8.30. The molecule has 0 radical (unpaired) electrons. The van der Waals surface area contributed by atoms with Gasteiger partial charge in [0.25, 0.3) is 0 Å². The van der Waals surface area contributed by atoms with Crippen LogP contribution < -0.4 is 16.0 Å². The number of H-pyrrole nitrogens is 2. The molecule has 1 aromatic heterocycles. The van der Waals surface area contributed by atoms with Gasteiger partial charge in [-0.25, -0.2) is 4.79 Å². The number of hydrogen-bond acceptors (Lipinski definition) is 5. The lowest BCUT2D eigenvalue weighted by molar-refractivity contribution is -0.386. The average Bonchev–Trinajstić information content (AvgIpc) is 2.66. The first-order valence-corrected chi connectivity index (χ1v) is 10.3. The summed E-state index contributed by atoms with van der Waals surface area (Å²) in [5.74, 6) is 0.567. The Morgan fingerprint density at radius 1 is 1.07 bits per heavy atom. The maximum absolute atomic E-state index is 11.7. The summed E-state index contributed by atoms with van der Waals surface area (Å²) in [7, 11) is 0. The van der Waals surface area contributed by atoms with Crippen LogP contribution in [0.1, 0.15) is 16.8 Å². The van der Waals surface area contributed by atoms with Crippen molar-refractivity contribution >= 4 is 61.3 Å². The first-order chi connectivity index (χ1) is 14.2. The van der Waals surface area contributed by atoms with Crippen molar-refractivity contribution in [3.63, 3.8) is 0 Å². The molecule has 0 aliphatic heterocycles. The Morgan fingerprint density at radius 3 is 2.30 bits per heavy atom. The topological polar surface area (TPSA) is 118 Å². The van der Waals surface area contributed by atoms with Crippen molar-refractivity contribution in [2.75, 3.05) is 0 Å². The van der Waals surface area contributed by atoms with Crippen molar-refractivity contribution in [2.24, 2.45) is 0 Å². The van der Waals surface area contributed by atoms with Crippen LogP contribution in [0, 0.1) is 10.1 Å². The lowest BCUT2D eigenvalue weighted by atomic mass is 10.2. The van der Waals surface area contributed by atoms with Crippen LogP contribution in [0.4, 0.5) is 5.69 Å². The Bertz CT molecular complexity index is 1230. The van der Waals surface area contributed by atoms with Crippen LogP contribution in [0.3, 0.4) is 0 Å². The lowest BCUT2D eigenvalue weighted by Gasteiger charge is -2.11. The van der Waals surface area contributed by atoms with E-state index in [9.17, 15) is 19.7 Å². The molecule has 11 heteroatoms. The molecule has 0 spiro atoms. The monoisotopic (exact) mass is 555 g/mol. The summed E-state index contributed by atoms with van der Waals surface area (Å²) in [6, 6.07) is 10.7. The third kappa shape index (κ3) is 5.26. The molecule has 154 valence electrons. The van der Waals surface area contributed by atoms with Gasteiger partial charge < -0.3 is 9.72 Å². The fourth-order valence-corrected chi connectivity index (χ4v) is 4.11. The number of benzene rings is 2. The van der Waals surface area contributed by atoms with E-state index in [0.29, 0.717) is 31.9 Å². The largest absolute Gasteiger partial charge is 0.487 e. The van der Waals surface area contributed by atoms with Gasteiger partial charge >= 0.3 is 16.9 Å². The molecular weight excluding hydrogens is 545 g/mol. The molecule has 0 unspecified atom stereocenters. The van der Waals surface area contributed by atoms with Crippen molar-refractivity contribution in [3.05, 3.63) is 98.1 Å². The lowest BCUT2D eigenvalue weighted by Crippen LogP contribution is -2.25. The molecule has 0 atom stereocenters. The van der Waals surface area contributed by atoms with Crippen molar-refractivity contribution < 1.29 is 9.66 Å². The summed E-state index contributed by atoms with van der Waals surface area (Å²) >= 11 is 12.8. The molecule has 3 aromatic rings. The summed E-state index contributed by atoms with van der Waals surface area (Å²) in [4.78, 5) is 37.5. The molecule has 0 aliphatic carbocycles. The molecule has 0 aliphatic rings. The second-order valence-corrected chi connectivity index (χ2v) is 8.13. The van der Waals surface area contributed by atoms with E-state index in [1.54, 1.807) is 24.3 Å². The van der Waals surface area contributed by atoms with Crippen LogP contribution in [0.25, 0.3) is 12.2 Å². The van der Waals surface area contributed by atoms with E-state index in [2.05, 4.69) is 36.8 Å². The highest BCUT2D eigenvalue weighted by Crippen LogP contribution is 2.36. The Labute approximate surface area is 191 Å². The van der Waals surface area contributed by atoms with Gasteiger partial charge in [-0.3, -0.25) is 19.9 Å². The summed E-state index contributed by atoms with van der Waals surface area (Å²) in [5.41, 5.74) is -1.28. The van der Waals surface area contributed by atoms with Gasteiger partial charge in [-0.15, -0.1) is 0 Å². The zero-order valence-electron chi connectivity index (χ0n) is 14.9. The average molecular weight is 558 g/mol. The predicted molar refractivity (Wildman–Crippen MR) is 121 cm³/mol. The van der Waals surface area contributed by atoms with E-state index in [1.165, 1.54) is 12.2 Å². The summed E-state index contributed by atoms with van der Waals surface area (Å²) < 4.78 is 7.13. The van der Waals surface area contributed by atoms with Crippen molar-refractivity contribution in [1.82, 2.24) is 9.97 Å². The van der Waals surface area contributed by atoms with Crippen LogP contribution >= 0.6 is 43.5 Å². The minimum atomic E-state index is -1.07. The van der Waals surface area contributed by atoms with Crippen molar-refractivity contribution in [2.45, 2.75) is 6.61 Å². The van der Waals surface area contributed by atoms with Gasteiger partial charge in [0, 0.05) is 5.02 Å². The molecular formula is C19H12Br2ClN3O5. The highest BCUT2D eigenvalue weighted by molar-refractivity contribution is 9.11. The number of rotatable bonds is 6.